The predicted octanol–water partition coefficient (Wildman–Crippen LogP) is 0.558. The van der Waals surface area contributed by atoms with Gasteiger partial charge >= 0.3 is 5.69 Å². The van der Waals surface area contributed by atoms with Crippen molar-refractivity contribution in [1.82, 2.24) is 14.9 Å². The number of imidazole rings is 1. The highest BCUT2D eigenvalue weighted by Crippen LogP contribution is 2.11. The van der Waals surface area contributed by atoms with E-state index in [9.17, 15) is 9.59 Å². The maximum absolute atomic E-state index is 11.6. The molecule has 2 N–H and O–H groups in total. The van der Waals surface area contributed by atoms with Gasteiger partial charge in [-0.1, -0.05) is 0 Å². The molecule has 0 spiro atoms. The average molecular weight is 205 g/mol. The molecular formula is C10H11N3O2. The van der Waals surface area contributed by atoms with Crippen molar-refractivity contribution in [1.29, 1.82) is 0 Å². The summed E-state index contributed by atoms with van der Waals surface area (Å²) in [4.78, 5) is 29.3. The van der Waals surface area contributed by atoms with Gasteiger partial charge < -0.3 is 14.9 Å². The van der Waals surface area contributed by atoms with Crippen LogP contribution in [-0.4, -0.2) is 34.9 Å². The molecule has 0 unspecified atom stereocenters. The number of rotatable bonds is 1. The molecule has 5 heteroatoms. The van der Waals surface area contributed by atoms with Crippen molar-refractivity contribution in [2.24, 2.45) is 0 Å². The lowest BCUT2D eigenvalue weighted by Gasteiger charge is -2.09. The number of hydrogen-bond acceptors (Lipinski definition) is 2. The van der Waals surface area contributed by atoms with Crippen LogP contribution in [0, 0.1) is 0 Å². The van der Waals surface area contributed by atoms with Crippen molar-refractivity contribution in [2.45, 2.75) is 0 Å². The van der Waals surface area contributed by atoms with E-state index in [0.717, 1.165) is 0 Å². The lowest BCUT2D eigenvalue weighted by atomic mass is 10.2. The summed E-state index contributed by atoms with van der Waals surface area (Å²) in [6.45, 7) is 0. The number of aromatic nitrogens is 2. The number of amides is 1. The number of carbonyl (C=O) groups excluding carboxylic acids is 1. The minimum atomic E-state index is -0.264. The topological polar surface area (TPSA) is 69.0 Å². The van der Waals surface area contributed by atoms with Gasteiger partial charge in [0.25, 0.3) is 5.91 Å². The molecule has 1 heterocycles. The highest BCUT2D eigenvalue weighted by molar-refractivity contribution is 5.96. The largest absolute Gasteiger partial charge is 0.345 e. The van der Waals surface area contributed by atoms with Crippen LogP contribution in [0.15, 0.2) is 23.0 Å². The Kier molecular flexibility index (Phi) is 2.07. The van der Waals surface area contributed by atoms with Crippen LogP contribution in [0.2, 0.25) is 0 Å². The Labute approximate surface area is 85.7 Å². The normalized spacial score (nSPS) is 10.5. The molecule has 5 nitrogen and oxygen atoms in total. The first-order valence-electron chi connectivity index (χ1n) is 4.51. The third-order valence-corrected chi connectivity index (χ3v) is 2.17. The Morgan fingerprint density at radius 2 is 1.87 bits per heavy atom. The summed E-state index contributed by atoms with van der Waals surface area (Å²) in [7, 11) is 3.37. The molecule has 0 aliphatic heterocycles. The molecule has 0 saturated heterocycles. The highest BCUT2D eigenvalue weighted by Gasteiger charge is 2.08. The molecule has 0 aliphatic carbocycles. The molecule has 2 aromatic rings. The van der Waals surface area contributed by atoms with Crippen LogP contribution in [0.3, 0.4) is 0 Å². The number of hydrogen-bond donors (Lipinski definition) is 2. The first-order valence-corrected chi connectivity index (χ1v) is 4.51. The maximum Gasteiger partial charge on any atom is 0.323 e. The number of nitrogens with zero attached hydrogens (tertiary/aromatic N) is 1. The van der Waals surface area contributed by atoms with Gasteiger partial charge in [0.1, 0.15) is 0 Å². The molecule has 1 amide bonds. The van der Waals surface area contributed by atoms with Crippen LogP contribution in [0.1, 0.15) is 10.4 Å². The molecule has 0 saturated carbocycles. The number of carbonyl (C=O) groups is 1. The highest BCUT2D eigenvalue weighted by atomic mass is 16.2. The molecule has 1 aromatic heterocycles. The Bertz CT molecular complexity index is 565. The number of fused-ring (bicyclic) bond motifs is 1. The van der Waals surface area contributed by atoms with E-state index in [1.165, 1.54) is 4.90 Å². The zero-order chi connectivity index (χ0) is 11.0. The first kappa shape index (κ1) is 9.51. The smallest absolute Gasteiger partial charge is 0.323 e. The summed E-state index contributed by atoms with van der Waals surface area (Å²) in [5.41, 5.74) is 1.64. The lowest BCUT2D eigenvalue weighted by Crippen LogP contribution is -2.21. The minimum Gasteiger partial charge on any atom is -0.345 e. The third kappa shape index (κ3) is 1.63. The molecule has 1 aromatic carbocycles. The summed E-state index contributed by atoms with van der Waals surface area (Å²) >= 11 is 0. The molecule has 15 heavy (non-hydrogen) atoms. The van der Waals surface area contributed by atoms with Gasteiger partial charge in [0.05, 0.1) is 11.0 Å². The van der Waals surface area contributed by atoms with Crippen LogP contribution < -0.4 is 5.69 Å². The molecule has 2 rings (SSSR count). The second-order valence-electron chi connectivity index (χ2n) is 3.54. The molecule has 0 fully saturated rings. The van der Waals surface area contributed by atoms with E-state index in [2.05, 4.69) is 9.97 Å². The van der Waals surface area contributed by atoms with Gasteiger partial charge in [-0.15, -0.1) is 0 Å². The molecule has 0 atom stereocenters. The summed E-state index contributed by atoms with van der Waals surface area (Å²) in [5.74, 6) is -0.0843. The zero-order valence-electron chi connectivity index (χ0n) is 8.50. The van der Waals surface area contributed by atoms with E-state index in [4.69, 9.17) is 0 Å². The van der Waals surface area contributed by atoms with Crippen molar-refractivity contribution in [3.63, 3.8) is 0 Å². The van der Waals surface area contributed by atoms with Crippen LogP contribution >= 0.6 is 0 Å². The van der Waals surface area contributed by atoms with Crippen LogP contribution in [0.5, 0.6) is 0 Å². The summed E-state index contributed by atoms with van der Waals surface area (Å²) < 4.78 is 0. The summed E-state index contributed by atoms with van der Waals surface area (Å²) in [6, 6.07) is 5.06. The van der Waals surface area contributed by atoms with Crippen LogP contribution in [0.25, 0.3) is 11.0 Å². The van der Waals surface area contributed by atoms with Gasteiger partial charge in [0.15, 0.2) is 0 Å². The Hall–Kier alpha value is -2.04. The van der Waals surface area contributed by atoms with Crippen LogP contribution in [-0.2, 0) is 0 Å². The number of nitrogens with one attached hydrogen (secondary N) is 2. The molecular weight excluding hydrogens is 194 g/mol. The fraction of sp³-hybridized carbons (Fsp3) is 0.200. The average Bonchev–Trinajstić information content (AvgIpc) is 2.55. The molecule has 78 valence electrons. The lowest BCUT2D eigenvalue weighted by molar-refractivity contribution is 0.0828. The monoisotopic (exact) mass is 205 g/mol. The van der Waals surface area contributed by atoms with E-state index in [-0.39, 0.29) is 11.6 Å². The van der Waals surface area contributed by atoms with E-state index in [1.807, 2.05) is 0 Å². The zero-order valence-corrected chi connectivity index (χ0v) is 8.50. The van der Waals surface area contributed by atoms with Gasteiger partial charge in [-0.05, 0) is 18.2 Å². The van der Waals surface area contributed by atoms with E-state index in [1.54, 1.807) is 32.3 Å². The van der Waals surface area contributed by atoms with Gasteiger partial charge in [0, 0.05) is 19.7 Å². The third-order valence-electron chi connectivity index (χ3n) is 2.17. The van der Waals surface area contributed by atoms with Crippen LogP contribution in [0.4, 0.5) is 0 Å². The van der Waals surface area contributed by atoms with Crippen molar-refractivity contribution in [3.8, 4) is 0 Å². The van der Waals surface area contributed by atoms with E-state index >= 15 is 0 Å². The molecule has 0 radical (unpaired) electrons. The Morgan fingerprint density at radius 1 is 1.20 bits per heavy atom. The van der Waals surface area contributed by atoms with Gasteiger partial charge in [0.2, 0.25) is 0 Å². The second kappa shape index (κ2) is 3.27. The standard InChI is InChI=1S/C10H11N3O2/c1-13(2)9(14)6-3-4-7-8(5-6)12-10(15)11-7/h3-5H,1-2H3,(H2,11,12,15). The first-order chi connectivity index (χ1) is 7.08. The summed E-state index contributed by atoms with van der Waals surface area (Å²) in [6.07, 6.45) is 0. The van der Waals surface area contributed by atoms with Gasteiger partial charge in [-0.25, -0.2) is 4.79 Å². The van der Waals surface area contributed by atoms with Gasteiger partial charge in [-0.3, -0.25) is 4.79 Å². The fourth-order valence-corrected chi connectivity index (χ4v) is 1.42. The van der Waals surface area contributed by atoms with Crippen molar-refractivity contribution < 1.29 is 4.79 Å². The van der Waals surface area contributed by atoms with Crippen molar-refractivity contribution in [2.75, 3.05) is 14.1 Å². The maximum atomic E-state index is 11.6. The van der Waals surface area contributed by atoms with Crippen molar-refractivity contribution >= 4 is 16.9 Å². The number of aromatic amines is 2. The predicted molar refractivity (Wildman–Crippen MR) is 56.9 cm³/mol. The number of benzene rings is 1. The van der Waals surface area contributed by atoms with E-state index < -0.39 is 0 Å². The molecule has 0 aliphatic rings. The SMILES string of the molecule is CN(C)C(=O)c1ccc2[nH]c(=O)[nH]c2c1. The molecule has 0 bridgehead atoms. The van der Waals surface area contributed by atoms with Crippen molar-refractivity contribution in [3.05, 3.63) is 34.2 Å². The van der Waals surface area contributed by atoms with E-state index in [0.29, 0.717) is 16.6 Å². The minimum absolute atomic E-state index is 0.0843. The number of H-pyrrole nitrogens is 2. The van der Waals surface area contributed by atoms with Gasteiger partial charge in [-0.2, -0.15) is 0 Å². The fourth-order valence-electron chi connectivity index (χ4n) is 1.42. The quantitative estimate of drug-likeness (QED) is 0.714. The second-order valence-corrected chi connectivity index (χ2v) is 3.54. The Morgan fingerprint density at radius 3 is 2.53 bits per heavy atom. The summed E-state index contributed by atoms with van der Waals surface area (Å²) in [5, 5.41) is 0. The Balaban J connectivity index is 2.55.